The zero-order valence-corrected chi connectivity index (χ0v) is 23.9. The quantitative estimate of drug-likeness (QED) is 0.512. The lowest BCUT2D eigenvalue weighted by atomic mass is 10.0. The van der Waals surface area contributed by atoms with Crippen LogP contribution in [-0.4, -0.2) is 74.7 Å². The molecular formula is C27H37F3N6O3S. The van der Waals surface area contributed by atoms with E-state index in [1.54, 1.807) is 16.4 Å². The molecule has 2 heterocycles. The molecule has 0 saturated heterocycles. The number of carbonyl (C=O) groups excluding carboxylic acids is 3. The number of rotatable bonds is 7. The van der Waals surface area contributed by atoms with Crippen LogP contribution < -0.4 is 10.6 Å². The Morgan fingerprint density at radius 3 is 2.50 bits per heavy atom. The molecule has 9 nitrogen and oxygen atoms in total. The van der Waals surface area contributed by atoms with E-state index in [0.717, 1.165) is 5.56 Å². The summed E-state index contributed by atoms with van der Waals surface area (Å²) in [5.41, 5.74) is 0.762. The smallest absolute Gasteiger partial charge is 0.344 e. The van der Waals surface area contributed by atoms with Gasteiger partial charge in [-0.3, -0.25) is 14.4 Å². The molecule has 13 heteroatoms. The van der Waals surface area contributed by atoms with Crippen molar-refractivity contribution in [2.45, 2.75) is 70.8 Å². The predicted molar refractivity (Wildman–Crippen MR) is 147 cm³/mol. The van der Waals surface area contributed by atoms with Crippen molar-refractivity contribution >= 4 is 29.5 Å². The average Bonchev–Trinajstić information content (AvgIpc) is 3.33. The van der Waals surface area contributed by atoms with Gasteiger partial charge in [-0.15, -0.1) is 0 Å². The van der Waals surface area contributed by atoms with E-state index in [9.17, 15) is 27.6 Å². The number of carbonyl (C=O) groups is 3. The van der Waals surface area contributed by atoms with Crippen molar-refractivity contribution in [1.82, 2.24) is 30.3 Å². The minimum absolute atomic E-state index is 0.0342. The zero-order valence-electron chi connectivity index (χ0n) is 23.0. The van der Waals surface area contributed by atoms with Crippen LogP contribution in [0.3, 0.4) is 0 Å². The van der Waals surface area contributed by atoms with Crippen LogP contribution in [-0.2, 0) is 20.9 Å². The summed E-state index contributed by atoms with van der Waals surface area (Å²) in [6.45, 7) is 4.20. The minimum atomic E-state index is -4.45. The summed E-state index contributed by atoms with van der Waals surface area (Å²) in [7, 11) is 0. The molecule has 0 unspecified atom stereocenters. The summed E-state index contributed by atoms with van der Waals surface area (Å²) in [6, 6.07) is 7.96. The number of halogens is 3. The summed E-state index contributed by atoms with van der Waals surface area (Å²) in [6.07, 6.45) is -3.71. The van der Waals surface area contributed by atoms with E-state index in [2.05, 4.69) is 15.7 Å². The first-order chi connectivity index (χ1) is 19.0. The molecule has 40 heavy (non-hydrogen) atoms. The van der Waals surface area contributed by atoms with E-state index in [1.165, 1.54) is 4.90 Å². The highest BCUT2D eigenvalue weighted by Crippen LogP contribution is 2.25. The number of hydrogen-bond acceptors (Lipinski definition) is 6. The first-order valence-electron chi connectivity index (χ1n) is 13.4. The summed E-state index contributed by atoms with van der Waals surface area (Å²) in [5.74, 6) is 0.139. The normalized spacial score (nSPS) is 19.5. The van der Waals surface area contributed by atoms with Crippen molar-refractivity contribution in [3.8, 4) is 11.4 Å². The topological polar surface area (TPSA) is 109 Å². The highest BCUT2D eigenvalue weighted by Gasteiger charge is 2.31. The third-order valence-electron chi connectivity index (χ3n) is 6.63. The predicted octanol–water partition coefficient (Wildman–Crippen LogP) is 3.96. The van der Waals surface area contributed by atoms with Gasteiger partial charge in [0.05, 0.1) is 19.0 Å². The fraction of sp³-hybridized carbons (Fsp3) is 0.593. The number of nitrogens with zero attached hydrogens (tertiary/aromatic N) is 4. The molecule has 0 spiro atoms. The van der Waals surface area contributed by atoms with Crippen LogP contribution >= 0.6 is 11.8 Å². The molecule has 0 bridgehead atoms. The van der Waals surface area contributed by atoms with E-state index in [-0.39, 0.29) is 50.2 Å². The van der Waals surface area contributed by atoms with Crippen molar-refractivity contribution in [3.63, 3.8) is 0 Å². The molecule has 2 N–H and O–H groups in total. The number of amides is 3. The molecule has 0 radical (unpaired) electrons. The molecule has 220 valence electrons. The van der Waals surface area contributed by atoms with E-state index in [1.807, 2.05) is 50.4 Å². The van der Waals surface area contributed by atoms with Crippen LogP contribution in [0.4, 0.5) is 13.2 Å². The Morgan fingerprint density at radius 2 is 1.85 bits per heavy atom. The monoisotopic (exact) mass is 582 g/mol. The van der Waals surface area contributed by atoms with Crippen LogP contribution in [0, 0.1) is 5.92 Å². The molecule has 0 aliphatic carbocycles. The summed E-state index contributed by atoms with van der Waals surface area (Å²) in [4.78, 5) is 45.0. The summed E-state index contributed by atoms with van der Waals surface area (Å²) >= 11 is 1.56. The summed E-state index contributed by atoms with van der Waals surface area (Å²) in [5, 5.41) is 10.5. The Hall–Kier alpha value is -3.09. The SMILES string of the molecule is CSCC[C@@H]1NC(=O)CCCN(C(=O)CCC(F)(F)F)CCn2nc(-c3ccccc3)nc2[C@@H](C(C)C)NC1=O. The van der Waals surface area contributed by atoms with Crippen LogP contribution in [0.25, 0.3) is 11.4 Å². The Balaban J connectivity index is 1.99. The largest absolute Gasteiger partial charge is 0.389 e. The lowest BCUT2D eigenvalue weighted by Gasteiger charge is -2.28. The third kappa shape index (κ3) is 9.24. The number of aromatic nitrogens is 3. The number of fused-ring (bicyclic) bond motifs is 1. The van der Waals surface area contributed by atoms with Crippen molar-refractivity contribution in [2.24, 2.45) is 5.92 Å². The van der Waals surface area contributed by atoms with E-state index in [0.29, 0.717) is 23.8 Å². The lowest BCUT2D eigenvalue weighted by molar-refractivity contribution is -0.149. The molecule has 2 atom stereocenters. The average molecular weight is 583 g/mol. The maximum absolute atomic E-state index is 13.4. The van der Waals surface area contributed by atoms with Gasteiger partial charge in [-0.1, -0.05) is 44.2 Å². The molecular weight excluding hydrogens is 545 g/mol. The van der Waals surface area contributed by atoms with Crippen molar-refractivity contribution in [2.75, 3.05) is 25.1 Å². The summed E-state index contributed by atoms with van der Waals surface area (Å²) < 4.78 is 40.1. The van der Waals surface area contributed by atoms with Crippen molar-refractivity contribution in [1.29, 1.82) is 0 Å². The van der Waals surface area contributed by atoms with Gasteiger partial charge in [0.1, 0.15) is 6.04 Å². The molecule has 3 rings (SSSR count). The number of thioether (sulfide) groups is 1. The first-order valence-corrected chi connectivity index (χ1v) is 14.8. The Bertz CT molecular complexity index is 1140. The molecule has 1 aliphatic heterocycles. The second kappa shape index (κ2) is 14.5. The standard InChI is InChI=1S/C27H37F3N6O3S/c1-18(2)23-25-33-24(19-8-5-4-6-9-19)34-36(25)16-15-35(22(38)11-13-27(28,29)30)14-7-10-21(37)31-20(12-17-40-3)26(39)32-23/h4-6,8-9,18,20,23H,7,10-17H2,1-3H3,(H,31,37)(H,32,39)/t20-,23+/m0/s1. The fourth-order valence-electron chi connectivity index (χ4n) is 4.43. The second-order valence-electron chi connectivity index (χ2n) is 10.1. The van der Waals surface area contributed by atoms with Crippen LogP contribution in [0.15, 0.2) is 30.3 Å². The molecule has 0 saturated carbocycles. The van der Waals surface area contributed by atoms with Gasteiger partial charge >= 0.3 is 6.18 Å². The van der Waals surface area contributed by atoms with E-state index in [4.69, 9.17) is 4.98 Å². The van der Waals surface area contributed by atoms with Crippen molar-refractivity contribution < 1.29 is 27.6 Å². The number of nitrogens with one attached hydrogen (secondary N) is 2. The third-order valence-corrected chi connectivity index (χ3v) is 7.27. The van der Waals surface area contributed by atoms with E-state index >= 15 is 0 Å². The van der Waals surface area contributed by atoms with Gasteiger partial charge in [-0.25, -0.2) is 9.67 Å². The van der Waals surface area contributed by atoms with Crippen LogP contribution in [0.5, 0.6) is 0 Å². The van der Waals surface area contributed by atoms with Crippen LogP contribution in [0.2, 0.25) is 0 Å². The second-order valence-corrected chi connectivity index (χ2v) is 11.1. The van der Waals surface area contributed by atoms with Gasteiger partial charge in [0.2, 0.25) is 17.7 Å². The van der Waals surface area contributed by atoms with Gasteiger partial charge in [-0.05, 0) is 30.8 Å². The molecule has 3 amide bonds. The minimum Gasteiger partial charge on any atom is -0.344 e. The molecule has 1 aromatic carbocycles. The van der Waals surface area contributed by atoms with Gasteiger partial charge in [-0.2, -0.15) is 30.0 Å². The Labute approximate surface area is 236 Å². The van der Waals surface area contributed by atoms with Gasteiger partial charge < -0.3 is 15.5 Å². The zero-order chi connectivity index (χ0) is 29.3. The van der Waals surface area contributed by atoms with Gasteiger partial charge in [0.25, 0.3) is 0 Å². The van der Waals surface area contributed by atoms with Gasteiger partial charge in [0.15, 0.2) is 11.6 Å². The molecule has 0 fully saturated rings. The number of alkyl halides is 3. The fourth-order valence-corrected chi connectivity index (χ4v) is 4.90. The molecule has 2 aromatic rings. The Kier molecular flexibility index (Phi) is 11.4. The van der Waals surface area contributed by atoms with Crippen molar-refractivity contribution in [3.05, 3.63) is 36.2 Å². The Morgan fingerprint density at radius 1 is 1.12 bits per heavy atom. The van der Waals surface area contributed by atoms with Gasteiger partial charge in [0, 0.05) is 31.5 Å². The highest BCUT2D eigenvalue weighted by molar-refractivity contribution is 7.98. The van der Waals surface area contributed by atoms with E-state index < -0.39 is 37.0 Å². The maximum atomic E-state index is 13.4. The first kappa shape index (κ1) is 31.4. The molecule has 1 aromatic heterocycles. The number of hydrogen-bond donors (Lipinski definition) is 2. The molecule has 1 aliphatic rings. The number of benzene rings is 1. The van der Waals surface area contributed by atoms with Crippen LogP contribution in [0.1, 0.15) is 57.8 Å². The highest BCUT2D eigenvalue weighted by atomic mass is 32.2. The maximum Gasteiger partial charge on any atom is 0.389 e. The lowest BCUT2D eigenvalue weighted by Crippen LogP contribution is -2.49.